The second-order valence-electron chi connectivity index (χ2n) is 5.25. The van der Waals surface area contributed by atoms with Crippen LogP contribution in [0.4, 0.5) is 5.69 Å². The van der Waals surface area contributed by atoms with E-state index in [0.717, 1.165) is 11.3 Å². The lowest BCUT2D eigenvalue weighted by molar-refractivity contribution is 0.306. The van der Waals surface area contributed by atoms with E-state index in [2.05, 4.69) is 0 Å². The first-order chi connectivity index (χ1) is 11.7. The van der Waals surface area contributed by atoms with Crippen LogP contribution in [0.5, 0.6) is 17.2 Å². The lowest BCUT2D eigenvalue weighted by Crippen LogP contribution is -1.99. The molecule has 0 saturated heterocycles. The number of rotatable bonds is 6. The predicted octanol–water partition coefficient (Wildman–Crippen LogP) is 5.36. The number of thioether (sulfide) groups is 1. The van der Waals surface area contributed by atoms with Crippen LogP contribution in [-0.4, -0.2) is 6.26 Å². The smallest absolute Gasteiger partial charge is 0.146 e. The summed E-state index contributed by atoms with van der Waals surface area (Å²) in [4.78, 5) is 1.20. The molecule has 0 unspecified atom stereocenters. The van der Waals surface area contributed by atoms with Crippen LogP contribution >= 0.6 is 11.8 Å². The molecule has 3 aromatic carbocycles. The van der Waals surface area contributed by atoms with E-state index in [4.69, 9.17) is 15.2 Å². The standard InChI is InChI=1S/C20H19NO2S/c1-24-18-10-7-16(8-11-18)23-17-9-12-19(21)20(13-17)22-14-15-5-3-2-4-6-15/h2-13H,14,21H2,1H3. The number of benzene rings is 3. The Morgan fingerprint density at radius 2 is 1.58 bits per heavy atom. The third-order valence-electron chi connectivity index (χ3n) is 3.52. The molecule has 0 aromatic heterocycles. The molecule has 3 rings (SSSR count). The lowest BCUT2D eigenvalue weighted by atomic mass is 10.2. The van der Waals surface area contributed by atoms with Crippen molar-refractivity contribution < 1.29 is 9.47 Å². The second-order valence-corrected chi connectivity index (χ2v) is 6.13. The molecule has 0 aliphatic heterocycles. The molecule has 0 saturated carbocycles. The summed E-state index contributed by atoms with van der Waals surface area (Å²) < 4.78 is 11.7. The first kappa shape index (κ1) is 16.3. The molecule has 0 radical (unpaired) electrons. The maximum Gasteiger partial charge on any atom is 0.146 e. The highest BCUT2D eigenvalue weighted by molar-refractivity contribution is 7.98. The molecule has 122 valence electrons. The zero-order chi connectivity index (χ0) is 16.8. The van der Waals surface area contributed by atoms with Crippen LogP contribution in [0.15, 0.2) is 77.7 Å². The zero-order valence-corrected chi connectivity index (χ0v) is 14.3. The van der Waals surface area contributed by atoms with Crippen molar-refractivity contribution in [2.75, 3.05) is 12.0 Å². The van der Waals surface area contributed by atoms with E-state index in [0.29, 0.717) is 23.8 Å². The average molecular weight is 337 g/mol. The summed E-state index contributed by atoms with van der Waals surface area (Å²) in [6, 6.07) is 23.4. The van der Waals surface area contributed by atoms with Gasteiger partial charge in [0.2, 0.25) is 0 Å². The fourth-order valence-corrected chi connectivity index (χ4v) is 2.63. The van der Waals surface area contributed by atoms with Gasteiger partial charge in [0.15, 0.2) is 0 Å². The van der Waals surface area contributed by atoms with E-state index in [1.54, 1.807) is 17.8 Å². The average Bonchev–Trinajstić information content (AvgIpc) is 2.63. The van der Waals surface area contributed by atoms with Crippen molar-refractivity contribution in [1.82, 2.24) is 0 Å². The third-order valence-corrected chi connectivity index (χ3v) is 4.26. The Morgan fingerprint density at radius 1 is 0.875 bits per heavy atom. The van der Waals surface area contributed by atoms with Gasteiger partial charge in [-0.15, -0.1) is 11.8 Å². The molecule has 2 N–H and O–H groups in total. The maximum absolute atomic E-state index is 6.00. The summed E-state index contributed by atoms with van der Waals surface area (Å²) in [5, 5.41) is 0. The van der Waals surface area contributed by atoms with Crippen molar-refractivity contribution in [3.05, 3.63) is 78.4 Å². The largest absolute Gasteiger partial charge is 0.487 e. The summed E-state index contributed by atoms with van der Waals surface area (Å²) in [5.41, 5.74) is 7.69. The SMILES string of the molecule is CSc1ccc(Oc2ccc(N)c(OCc3ccccc3)c2)cc1. The fourth-order valence-electron chi connectivity index (χ4n) is 2.22. The van der Waals surface area contributed by atoms with Crippen molar-refractivity contribution in [2.24, 2.45) is 0 Å². The Labute approximate surface area is 146 Å². The summed E-state index contributed by atoms with van der Waals surface area (Å²) in [5.74, 6) is 2.10. The molecular formula is C20H19NO2S. The van der Waals surface area contributed by atoms with Gasteiger partial charge in [0, 0.05) is 11.0 Å². The third kappa shape index (κ3) is 4.24. The van der Waals surface area contributed by atoms with Crippen LogP contribution in [0.3, 0.4) is 0 Å². The van der Waals surface area contributed by atoms with Gasteiger partial charge in [-0.25, -0.2) is 0 Å². The van der Waals surface area contributed by atoms with Crippen LogP contribution in [0.25, 0.3) is 0 Å². The summed E-state index contributed by atoms with van der Waals surface area (Å²) >= 11 is 1.70. The minimum atomic E-state index is 0.469. The molecule has 0 bridgehead atoms. The molecule has 0 atom stereocenters. The van der Waals surface area contributed by atoms with Crippen molar-refractivity contribution in [1.29, 1.82) is 0 Å². The number of hydrogen-bond donors (Lipinski definition) is 1. The molecule has 0 heterocycles. The predicted molar refractivity (Wildman–Crippen MR) is 99.9 cm³/mol. The van der Waals surface area contributed by atoms with E-state index in [1.165, 1.54) is 4.90 Å². The molecule has 3 nitrogen and oxygen atoms in total. The lowest BCUT2D eigenvalue weighted by Gasteiger charge is -2.12. The van der Waals surface area contributed by atoms with Crippen molar-refractivity contribution in [2.45, 2.75) is 11.5 Å². The number of anilines is 1. The van der Waals surface area contributed by atoms with Crippen molar-refractivity contribution >= 4 is 17.4 Å². The second kappa shape index (κ2) is 7.79. The number of nitrogens with two attached hydrogens (primary N) is 1. The Balaban J connectivity index is 1.70. The molecule has 24 heavy (non-hydrogen) atoms. The van der Waals surface area contributed by atoms with E-state index in [-0.39, 0.29) is 0 Å². The van der Waals surface area contributed by atoms with Crippen LogP contribution in [-0.2, 0) is 6.61 Å². The minimum Gasteiger partial charge on any atom is -0.487 e. The van der Waals surface area contributed by atoms with Crippen molar-refractivity contribution in [3.8, 4) is 17.2 Å². The Bertz CT molecular complexity index is 788. The molecule has 0 aliphatic rings. The molecule has 0 fully saturated rings. The van der Waals surface area contributed by atoms with E-state index in [1.807, 2.05) is 73.0 Å². The summed E-state index contributed by atoms with van der Waals surface area (Å²) in [7, 11) is 0. The Morgan fingerprint density at radius 3 is 2.29 bits per heavy atom. The van der Waals surface area contributed by atoms with Gasteiger partial charge in [-0.3, -0.25) is 0 Å². The highest BCUT2D eigenvalue weighted by Gasteiger charge is 2.05. The molecule has 0 aliphatic carbocycles. The zero-order valence-electron chi connectivity index (χ0n) is 13.4. The first-order valence-electron chi connectivity index (χ1n) is 7.63. The highest BCUT2D eigenvalue weighted by Crippen LogP contribution is 2.31. The van der Waals surface area contributed by atoms with Gasteiger partial charge in [0.05, 0.1) is 5.69 Å². The minimum absolute atomic E-state index is 0.469. The van der Waals surface area contributed by atoms with Crippen molar-refractivity contribution in [3.63, 3.8) is 0 Å². The molecule has 3 aromatic rings. The summed E-state index contributed by atoms with van der Waals surface area (Å²) in [6.07, 6.45) is 2.05. The molecule has 0 spiro atoms. The van der Waals surface area contributed by atoms with Gasteiger partial charge in [-0.2, -0.15) is 0 Å². The van der Waals surface area contributed by atoms with Gasteiger partial charge >= 0.3 is 0 Å². The summed E-state index contributed by atoms with van der Waals surface area (Å²) in [6.45, 7) is 0.469. The molecule has 0 amide bonds. The van der Waals surface area contributed by atoms with Gasteiger partial charge < -0.3 is 15.2 Å². The first-order valence-corrected chi connectivity index (χ1v) is 8.85. The van der Waals surface area contributed by atoms with E-state index >= 15 is 0 Å². The highest BCUT2D eigenvalue weighted by atomic mass is 32.2. The van der Waals surface area contributed by atoms with Crippen LogP contribution in [0.2, 0.25) is 0 Å². The van der Waals surface area contributed by atoms with Gasteiger partial charge in [-0.05, 0) is 48.2 Å². The van der Waals surface area contributed by atoms with Crippen LogP contribution < -0.4 is 15.2 Å². The Kier molecular flexibility index (Phi) is 5.29. The van der Waals surface area contributed by atoms with Gasteiger partial charge in [0.1, 0.15) is 23.9 Å². The van der Waals surface area contributed by atoms with Crippen LogP contribution in [0.1, 0.15) is 5.56 Å². The topological polar surface area (TPSA) is 44.5 Å². The normalized spacial score (nSPS) is 10.4. The number of ether oxygens (including phenoxy) is 2. The fraction of sp³-hybridized carbons (Fsp3) is 0.100. The van der Waals surface area contributed by atoms with Gasteiger partial charge in [0.25, 0.3) is 0 Å². The van der Waals surface area contributed by atoms with Crippen LogP contribution in [0, 0.1) is 0 Å². The van der Waals surface area contributed by atoms with E-state index < -0.39 is 0 Å². The number of nitrogen functional groups attached to an aromatic ring is 1. The molecular weight excluding hydrogens is 318 g/mol. The quantitative estimate of drug-likeness (QED) is 0.485. The molecule has 4 heteroatoms. The number of hydrogen-bond acceptors (Lipinski definition) is 4. The van der Waals surface area contributed by atoms with Gasteiger partial charge in [-0.1, -0.05) is 30.3 Å². The monoisotopic (exact) mass is 337 g/mol. The Hall–Kier alpha value is -2.59. The maximum atomic E-state index is 6.00. The van der Waals surface area contributed by atoms with E-state index in [9.17, 15) is 0 Å².